The standard InChI is InChI=1S/C26H27FN6O2/c1-6-7-28-17(2)15-33(23-10-21(34-4)11-24(35-5)26(23)27)25-9-18-8-19(12-29-22(18)14-30-25)20-13-31-32(3)16-20/h6-14,16H,15H2,1-5H3/b7-6-,28-17+. The molecule has 9 heteroatoms. The van der Waals surface area contributed by atoms with Crippen LogP contribution in [0.4, 0.5) is 15.9 Å². The van der Waals surface area contributed by atoms with Crippen LogP contribution in [-0.2, 0) is 7.05 Å². The van der Waals surface area contributed by atoms with Crippen molar-refractivity contribution < 1.29 is 13.9 Å². The highest BCUT2D eigenvalue weighted by Gasteiger charge is 2.21. The number of halogens is 1. The first-order chi connectivity index (χ1) is 16.9. The number of benzene rings is 1. The predicted molar refractivity (Wildman–Crippen MR) is 136 cm³/mol. The molecule has 0 spiro atoms. The fourth-order valence-electron chi connectivity index (χ4n) is 3.68. The molecule has 0 radical (unpaired) electrons. The molecule has 0 atom stereocenters. The third-order valence-electron chi connectivity index (χ3n) is 5.44. The van der Waals surface area contributed by atoms with E-state index >= 15 is 4.39 Å². The van der Waals surface area contributed by atoms with Crippen LogP contribution in [0.15, 0.2) is 66.3 Å². The maximum atomic E-state index is 15.5. The summed E-state index contributed by atoms with van der Waals surface area (Å²) in [4.78, 5) is 15.3. The van der Waals surface area contributed by atoms with Gasteiger partial charge in [-0.1, -0.05) is 6.08 Å². The predicted octanol–water partition coefficient (Wildman–Crippen LogP) is 5.32. The average Bonchev–Trinajstić information content (AvgIpc) is 3.32. The molecule has 0 amide bonds. The number of nitrogens with zero attached hydrogens (tertiary/aromatic N) is 6. The molecule has 0 unspecified atom stereocenters. The number of hydrogen-bond donors (Lipinski definition) is 0. The van der Waals surface area contributed by atoms with Crippen LogP contribution < -0.4 is 14.4 Å². The van der Waals surface area contributed by atoms with Crippen LogP contribution >= 0.6 is 0 Å². The van der Waals surface area contributed by atoms with Crippen molar-refractivity contribution in [1.82, 2.24) is 19.7 Å². The largest absolute Gasteiger partial charge is 0.497 e. The third kappa shape index (κ3) is 5.13. The Hall–Kier alpha value is -4.27. The summed E-state index contributed by atoms with van der Waals surface area (Å²) in [5, 5.41) is 5.10. The summed E-state index contributed by atoms with van der Waals surface area (Å²) in [5.41, 5.74) is 3.64. The zero-order chi connectivity index (χ0) is 24.9. The van der Waals surface area contributed by atoms with E-state index in [-0.39, 0.29) is 11.4 Å². The lowest BCUT2D eigenvalue weighted by Crippen LogP contribution is -2.25. The summed E-state index contributed by atoms with van der Waals surface area (Å²) in [6, 6.07) is 7.04. The summed E-state index contributed by atoms with van der Waals surface area (Å²) >= 11 is 0. The second-order valence-corrected chi connectivity index (χ2v) is 7.96. The topological polar surface area (TPSA) is 77.7 Å². The van der Waals surface area contributed by atoms with Gasteiger partial charge in [0.2, 0.25) is 0 Å². The Kier molecular flexibility index (Phi) is 7.05. The van der Waals surface area contributed by atoms with E-state index < -0.39 is 5.82 Å². The number of aryl methyl sites for hydroxylation is 1. The van der Waals surface area contributed by atoms with Crippen molar-refractivity contribution in [3.63, 3.8) is 0 Å². The van der Waals surface area contributed by atoms with Crippen LogP contribution in [0, 0.1) is 5.82 Å². The Morgan fingerprint density at radius 3 is 2.60 bits per heavy atom. The molecule has 3 heterocycles. The molecule has 4 aromatic rings. The summed E-state index contributed by atoms with van der Waals surface area (Å²) < 4.78 is 27.9. The van der Waals surface area contributed by atoms with Gasteiger partial charge in [-0.05, 0) is 26.0 Å². The second kappa shape index (κ2) is 10.3. The molecular formula is C26H27FN6O2. The van der Waals surface area contributed by atoms with E-state index in [0.29, 0.717) is 18.1 Å². The van der Waals surface area contributed by atoms with Gasteiger partial charge in [-0.2, -0.15) is 5.10 Å². The van der Waals surface area contributed by atoms with Gasteiger partial charge in [0, 0.05) is 60.0 Å². The molecule has 1 aromatic carbocycles. The number of allylic oxidation sites excluding steroid dienone is 1. The Balaban J connectivity index is 1.86. The number of hydrogen-bond acceptors (Lipinski definition) is 7. The molecule has 0 aliphatic heterocycles. The van der Waals surface area contributed by atoms with Gasteiger partial charge in [0.05, 0.1) is 44.4 Å². The fourth-order valence-corrected chi connectivity index (χ4v) is 3.68. The lowest BCUT2D eigenvalue weighted by Gasteiger charge is -2.25. The molecule has 180 valence electrons. The number of aromatic nitrogens is 4. The minimum absolute atomic E-state index is 0.0775. The van der Waals surface area contributed by atoms with E-state index in [1.165, 1.54) is 20.3 Å². The lowest BCUT2D eigenvalue weighted by atomic mass is 10.1. The molecule has 35 heavy (non-hydrogen) atoms. The smallest absolute Gasteiger partial charge is 0.188 e. The van der Waals surface area contributed by atoms with Gasteiger partial charge in [0.25, 0.3) is 0 Å². The Morgan fingerprint density at radius 1 is 1.09 bits per heavy atom. The number of pyridine rings is 2. The fraction of sp³-hybridized carbons (Fsp3) is 0.231. The van der Waals surface area contributed by atoms with E-state index in [0.717, 1.165) is 27.7 Å². The molecule has 0 aliphatic carbocycles. The van der Waals surface area contributed by atoms with Crippen LogP contribution in [0.1, 0.15) is 13.8 Å². The number of ether oxygens (including phenoxy) is 2. The number of fused-ring (bicyclic) bond motifs is 1. The molecule has 8 nitrogen and oxygen atoms in total. The van der Waals surface area contributed by atoms with Crippen molar-refractivity contribution >= 4 is 28.1 Å². The van der Waals surface area contributed by atoms with Gasteiger partial charge in [0.15, 0.2) is 11.6 Å². The van der Waals surface area contributed by atoms with E-state index in [9.17, 15) is 0 Å². The van der Waals surface area contributed by atoms with Crippen LogP contribution in [0.25, 0.3) is 22.0 Å². The maximum Gasteiger partial charge on any atom is 0.188 e. The van der Waals surface area contributed by atoms with Crippen molar-refractivity contribution in [3.8, 4) is 22.6 Å². The van der Waals surface area contributed by atoms with Gasteiger partial charge in [-0.25, -0.2) is 9.37 Å². The van der Waals surface area contributed by atoms with Crippen molar-refractivity contribution in [3.05, 3.63) is 67.1 Å². The van der Waals surface area contributed by atoms with E-state index in [4.69, 9.17) is 9.47 Å². The summed E-state index contributed by atoms with van der Waals surface area (Å²) in [6.07, 6.45) is 10.7. The van der Waals surface area contributed by atoms with Gasteiger partial charge in [0.1, 0.15) is 11.6 Å². The van der Waals surface area contributed by atoms with E-state index in [1.54, 1.807) is 40.4 Å². The summed E-state index contributed by atoms with van der Waals surface area (Å²) in [7, 11) is 4.82. The SMILES string of the molecule is C/C=C\N=C(/C)CN(c1cc2cc(-c3cnn(C)c3)cnc2cn1)c1cc(OC)cc(OC)c1F. The van der Waals surface area contributed by atoms with Crippen LogP contribution in [0.5, 0.6) is 11.5 Å². The van der Waals surface area contributed by atoms with Gasteiger partial charge in [-0.3, -0.25) is 14.7 Å². The second-order valence-electron chi connectivity index (χ2n) is 7.96. The highest BCUT2D eigenvalue weighted by Crippen LogP contribution is 2.37. The summed E-state index contributed by atoms with van der Waals surface area (Å²) in [6.45, 7) is 4.07. The van der Waals surface area contributed by atoms with Crippen molar-refractivity contribution in [2.45, 2.75) is 13.8 Å². The first-order valence-corrected chi connectivity index (χ1v) is 11.0. The Labute approximate surface area is 203 Å². The number of aliphatic imine (C=N–C) groups is 1. The van der Waals surface area contributed by atoms with Crippen molar-refractivity contribution in [1.29, 1.82) is 0 Å². The molecule has 0 saturated heterocycles. The zero-order valence-electron chi connectivity index (χ0n) is 20.4. The Morgan fingerprint density at radius 2 is 1.91 bits per heavy atom. The lowest BCUT2D eigenvalue weighted by molar-refractivity contribution is 0.374. The number of anilines is 2. The van der Waals surface area contributed by atoms with Gasteiger partial charge >= 0.3 is 0 Å². The first kappa shape index (κ1) is 23.9. The monoisotopic (exact) mass is 474 g/mol. The Bertz CT molecular complexity index is 1410. The van der Waals surface area contributed by atoms with Crippen molar-refractivity contribution in [2.24, 2.45) is 12.0 Å². The van der Waals surface area contributed by atoms with E-state index in [2.05, 4.69) is 20.1 Å². The highest BCUT2D eigenvalue weighted by molar-refractivity contribution is 5.91. The minimum Gasteiger partial charge on any atom is -0.497 e. The highest BCUT2D eigenvalue weighted by atomic mass is 19.1. The van der Waals surface area contributed by atoms with E-state index in [1.807, 2.05) is 45.3 Å². The van der Waals surface area contributed by atoms with Gasteiger partial charge in [-0.15, -0.1) is 0 Å². The zero-order valence-corrected chi connectivity index (χ0v) is 20.4. The molecule has 0 N–H and O–H groups in total. The molecule has 0 saturated carbocycles. The minimum atomic E-state index is -0.517. The van der Waals surface area contributed by atoms with Crippen LogP contribution in [-0.4, -0.2) is 46.2 Å². The maximum absolute atomic E-state index is 15.5. The molecule has 0 aliphatic rings. The average molecular weight is 475 g/mol. The third-order valence-corrected chi connectivity index (χ3v) is 5.44. The molecule has 4 rings (SSSR count). The molecule has 0 fully saturated rings. The van der Waals surface area contributed by atoms with Crippen LogP contribution in [0.3, 0.4) is 0 Å². The van der Waals surface area contributed by atoms with Crippen molar-refractivity contribution in [2.75, 3.05) is 25.7 Å². The summed E-state index contributed by atoms with van der Waals surface area (Å²) in [5.74, 6) is 0.560. The first-order valence-electron chi connectivity index (χ1n) is 11.0. The normalized spacial score (nSPS) is 11.9. The molecule has 0 bridgehead atoms. The van der Waals surface area contributed by atoms with Crippen LogP contribution in [0.2, 0.25) is 0 Å². The quantitative estimate of drug-likeness (QED) is 0.322. The number of rotatable bonds is 8. The van der Waals surface area contributed by atoms with Gasteiger partial charge < -0.3 is 14.4 Å². The molecular weight excluding hydrogens is 447 g/mol. The number of methoxy groups -OCH3 is 2. The molecule has 3 aromatic heterocycles.